The summed E-state index contributed by atoms with van der Waals surface area (Å²) >= 11 is 1.45. The van der Waals surface area contributed by atoms with Crippen LogP contribution in [0.15, 0.2) is 17.6 Å². The standard InChI is InChI=1S/C11H11F3N4S/c1-7-6-19-9(16-7)5-18(2)10-15-4-3-8(17-10)11(12,13)14/h3-4,6H,5H2,1-2H3. The molecule has 0 saturated heterocycles. The van der Waals surface area contributed by atoms with Gasteiger partial charge in [0.2, 0.25) is 5.95 Å². The lowest BCUT2D eigenvalue weighted by molar-refractivity contribution is -0.141. The fourth-order valence-electron chi connectivity index (χ4n) is 1.44. The monoisotopic (exact) mass is 288 g/mol. The normalized spacial score (nSPS) is 11.6. The molecular formula is C11H11F3N4S. The molecule has 0 amide bonds. The number of halogens is 3. The summed E-state index contributed by atoms with van der Waals surface area (Å²) in [5.74, 6) is 0.0303. The summed E-state index contributed by atoms with van der Waals surface area (Å²) in [6.45, 7) is 2.24. The Labute approximate surface area is 112 Å². The van der Waals surface area contributed by atoms with Gasteiger partial charge in [0.1, 0.15) is 10.7 Å². The van der Waals surface area contributed by atoms with Crippen LogP contribution in [0.4, 0.5) is 19.1 Å². The van der Waals surface area contributed by atoms with Crippen molar-refractivity contribution in [3.05, 3.63) is 34.0 Å². The molecular weight excluding hydrogens is 277 g/mol. The van der Waals surface area contributed by atoms with Gasteiger partial charge in [0, 0.05) is 24.3 Å². The second-order valence-electron chi connectivity index (χ2n) is 3.98. The fraction of sp³-hybridized carbons (Fsp3) is 0.364. The Hall–Kier alpha value is -1.70. The third-order valence-electron chi connectivity index (χ3n) is 2.31. The summed E-state index contributed by atoms with van der Waals surface area (Å²) in [4.78, 5) is 13.1. The SMILES string of the molecule is Cc1csc(CN(C)c2nccc(C(F)(F)F)n2)n1. The molecule has 2 rings (SSSR count). The predicted octanol–water partition coefficient (Wildman–Crippen LogP) is 2.90. The Morgan fingerprint density at radius 1 is 1.32 bits per heavy atom. The van der Waals surface area contributed by atoms with Gasteiger partial charge in [-0.25, -0.2) is 15.0 Å². The molecule has 0 radical (unpaired) electrons. The zero-order chi connectivity index (χ0) is 14.0. The minimum absolute atomic E-state index is 0.0303. The van der Waals surface area contributed by atoms with Gasteiger partial charge in [0.05, 0.1) is 6.54 Å². The molecule has 19 heavy (non-hydrogen) atoms. The third-order valence-corrected chi connectivity index (χ3v) is 3.27. The van der Waals surface area contributed by atoms with Crippen LogP contribution in [0.2, 0.25) is 0 Å². The summed E-state index contributed by atoms with van der Waals surface area (Å²) in [5.41, 5.74) is -0.0574. The minimum Gasteiger partial charge on any atom is -0.337 e. The van der Waals surface area contributed by atoms with Crippen molar-refractivity contribution >= 4 is 17.3 Å². The van der Waals surface area contributed by atoms with Crippen molar-refractivity contribution in [3.8, 4) is 0 Å². The zero-order valence-corrected chi connectivity index (χ0v) is 11.1. The van der Waals surface area contributed by atoms with Crippen molar-refractivity contribution in [1.82, 2.24) is 15.0 Å². The molecule has 0 aromatic carbocycles. The Morgan fingerprint density at radius 3 is 2.63 bits per heavy atom. The molecule has 0 N–H and O–H groups in total. The van der Waals surface area contributed by atoms with E-state index in [0.29, 0.717) is 6.54 Å². The molecule has 0 saturated carbocycles. The molecule has 0 spiro atoms. The summed E-state index contributed by atoms with van der Waals surface area (Å²) in [7, 11) is 1.63. The van der Waals surface area contributed by atoms with Crippen LogP contribution in [-0.4, -0.2) is 22.0 Å². The summed E-state index contributed by atoms with van der Waals surface area (Å²) < 4.78 is 37.6. The first-order valence-corrected chi connectivity index (χ1v) is 6.26. The van der Waals surface area contributed by atoms with Crippen LogP contribution >= 0.6 is 11.3 Å². The van der Waals surface area contributed by atoms with E-state index in [1.165, 1.54) is 16.2 Å². The molecule has 0 unspecified atom stereocenters. The number of hydrogen-bond donors (Lipinski definition) is 0. The maximum absolute atomic E-state index is 12.5. The van der Waals surface area contributed by atoms with Crippen molar-refractivity contribution in [3.63, 3.8) is 0 Å². The molecule has 0 fully saturated rings. The highest BCUT2D eigenvalue weighted by molar-refractivity contribution is 7.09. The van der Waals surface area contributed by atoms with E-state index < -0.39 is 11.9 Å². The van der Waals surface area contributed by atoms with E-state index in [0.717, 1.165) is 23.0 Å². The smallest absolute Gasteiger partial charge is 0.337 e. The predicted molar refractivity (Wildman–Crippen MR) is 66.0 cm³/mol. The van der Waals surface area contributed by atoms with E-state index >= 15 is 0 Å². The zero-order valence-electron chi connectivity index (χ0n) is 10.3. The first-order valence-electron chi connectivity index (χ1n) is 5.38. The van der Waals surface area contributed by atoms with E-state index in [-0.39, 0.29) is 5.95 Å². The first kappa shape index (κ1) is 13.7. The lowest BCUT2D eigenvalue weighted by atomic mass is 10.4. The Kier molecular flexibility index (Phi) is 3.70. The average Bonchev–Trinajstić information content (AvgIpc) is 2.74. The van der Waals surface area contributed by atoms with Crippen LogP contribution in [0.3, 0.4) is 0 Å². The molecule has 0 bridgehead atoms. The van der Waals surface area contributed by atoms with Crippen LogP contribution < -0.4 is 4.90 Å². The quantitative estimate of drug-likeness (QED) is 0.871. The average molecular weight is 288 g/mol. The van der Waals surface area contributed by atoms with Gasteiger partial charge in [-0.05, 0) is 13.0 Å². The second kappa shape index (κ2) is 5.12. The van der Waals surface area contributed by atoms with E-state index in [1.54, 1.807) is 7.05 Å². The van der Waals surface area contributed by atoms with Gasteiger partial charge in [-0.2, -0.15) is 13.2 Å². The number of aryl methyl sites for hydroxylation is 1. The topological polar surface area (TPSA) is 41.9 Å². The number of alkyl halides is 3. The van der Waals surface area contributed by atoms with Gasteiger partial charge in [-0.1, -0.05) is 0 Å². The Morgan fingerprint density at radius 2 is 2.05 bits per heavy atom. The highest BCUT2D eigenvalue weighted by atomic mass is 32.1. The summed E-state index contributed by atoms with van der Waals surface area (Å²) in [6, 6.07) is 0.852. The van der Waals surface area contributed by atoms with Gasteiger partial charge < -0.3 is 4.90 Å². The van der Waals surface area contributed by atoms with E-state index in [1.807, 2.05) is 12.3 Å². The number of aromatic nitrogens is 3. The number of nitrogens with zero attached hydrogens (tertiary/aromatic N) is 4. The molecule has 0 aliphatic rings. The van der Waals surface area contributed by atoms with E-state index in [2.05, 4.69) is 15.0 Å². The molecule has 0 aliphatic carbocycles. The Bertz CT molecular complexity index is 567. The summed E-state index contributed by atoms with van der Waals surface area (Å²) in [5, 5.41) is 2.69. The highest BCUT2D eigenvalue weighted by Gasteiger charge is 2.33. The molecule has 2 heterocycles. The van der Waals surface area contributed by atoms with Gasteiger partial charge in [0.15, 0.2) is 0 Å². The molecule has 8 heteroatoms. The largest absolute Gasteiger partial charge is 0.433 e. The number of anilines is 1. The highest BCUT2D eigenvalue weighted by Crippen LogP contribution is 2.28. The van der Waals surface area contributed by atoms with Crippen LogP contribution in [0, 0.1) is 6.92 Å². The molecule has 2 aromatic heterocycles. The summed E-state index contributed by atoms with van der Waals surface area (Å²) in [6.07, 6.45) is -3.36. The van der Waals surface area contributed by atoms with Crippen molar-refractivity contribution in [1.29, 1.82) is 0 Å². The Balaban J connectivity index is 2.17. The van der Waals surface area contributed by atoms with Crippen molar-refractivity contribution < 1.29 is 13.2 Å². The first-order chi connectivity index (χ1) is 8.86. The van der Waals surface area contributed by atoms with Crippen molar-refractivity contribution in [2.24, 2.45) is 0 Å². The van der Waals surface area contributed by atoms with Crippen LogP contribution in [0.5, 0.6) is 0 Å². The molecule has 0 atom stereocenters. The number of rotatable bonds is 3. The van der Waals surface area contributed by atoms with Gasteiger partial charge in [-0.3, -0.25) is 0 Å². The lowest BCUT2D eigenvalue weighted by Crippen LogP contribution is -2.21. The lowest BCUT2D eigenvalue weighted by Gasteiger charge is -2.16. The van der Waals surface area contributed by atoms with Crippen LogP contribution in [0.25, 0.3) is 0 Å². The molecule has 0 aliphatic heterocycles. The maximum Gasteiger partial charge on any atom is 0.433 e. The number of thiazole rings is 1. The molecule has 102 valence electrons. The fourth-order valence-corrected chi connectivity index (χ4v) is 2.26. The van der Waals surface area contributed by atoms with Crippen molar-refractivity contribution in [2.75, 3.05) is 11.9 Å². The second-order valence-corrected chi connectivity index (χ2v) is 4.92. The van der Waals surface area contributed by atoms with Gasteiger partial charge in [0.25, 0.3) is 0 Å². The van der Waals surface area contributed by atoms with Crippen molar-refractivity contribution in [2.45, 2.75) is 19.6 Å². The van der Waals surface area contributed by atoms with Gasteiger partial charge in [-0.15, -0.1) is 11.3 Å². The van der Waals surface area contributed by atoms with Crippen LogP contribution in [0.1, 0.15) is 16.4 Å². The maximum atomic E-state index is 12.5. The number of hydrogen-bond acceptors (Lipinski definition) is 5. The minimum atomic E-state index is -4.46. The van der Waals surface area contributed by atoms with Gasteiger partial charge >= 0.3 is 6.18 Å². The molecule has 4 nitrogen and oxygen atoms in total. The van der Waals surface area contributed by atoms with E-state index in [9.17, 15) is 13.2 Å². The van der Waals surface area contributed by atoms with E-state index in [4.69, 9.17) is 0 Å². The van der Waals surface area contributed by atoms with Crippen LogP contribution in [-0.2, 0) is 12.7 Å². The molecule has 2 aromatic rings. The third kappa shape index (κ3) is 3.40.